The summed E-state index contributed by atoms with van der Waals surface area (Å²) in [4.78, 5) is 0. The first-order chi connectivity index (χ1) is 7.36. The number of rotatable bonds is 3. The van der Waals surface area contributed by atoms with Gasteiger partial charge in [-0.2, -0.15) is 0 Å². The summed E-state index contributed by atoms with van der Waals surface area (Å²) in [7, 11) is 0. The molecule has 2 nitrogen and oxygen atoms in total. The fraction of sp³-hybridized carbons (Fsp3) is 0.385. The average molecular weight is 203 g/mol. The number of hydrogen-bond acceptors (Lipinski definition) is 2. The minimum Gasteiger partial charge on any atom is -0.391 e. The van der Waals surface area contributed by atoms with Crippen LogP contribution in [0.3, 0.4) is 0 Å². The van der Waals surface area contributed by atoms with Crippen LogP contribution in [0.2, 0.25) is 0 Å². The molecule has 1 aromatic carbocycles. The van der Waals surface area contributed by atoms with Crippen molar-refractivity contribution in [2.75, 3.05) is 0 Å². The summed E-state index contributed by atoms with van der Waals surface area (Å²) in [5.41, 5.74) is 1.25. The summed E-state index contributed by atoms with van der Waals surface area (Å²) in [6.45, 7) is 0.812. The van der Waals surface area contributed by atoms with Crippen molar-refractivity contribution in [3.63, 3.8) is 0 Å². The minimum absolute atomic E-state index is 0.110. The van der Waals surface area contributed by atoms with Crippen molar-refractivity contribution in [1.29, 1.82) is 0 Å². The number of nitrogens with one attached hydrogen (secondary N) is 1. The predicted molar refractivity (Wildman–Crippen MR) is 61.5 cm³/mol. The standard InChI is InChI=1S/C13H17NO/c15-13-9-5-4-8-12(13)14-10-11-6-2-1-3-7-11/h1-4,6-8,12-15H,5,9-10H2/t12-,13+/m1/s1. The van der Waals surface area contributed by atoms with E-state index in [1.165, 1.54) is 5.56 Å². The van der Waals surface area contributed by atoms with Crippen LogP contribution >= 0.6 is 0 Å². The van der Waals surface area contributed by atoms with Crippen LogP contribution in [0.15, 0.2) is 42.5 Å². The summed E-state index contributed by atoms with van der Waals surface area (Å²) in [5, 5.41) is 13.1. The van der Waals surface area contributed by atoms with Gasteiger partial charge in [-0.1, -0.05) is 42.5 Å². The first-order valence-electron chi connectivity index (χ1n) is 5.48. The zero-order valence-corrected chi connectivity index (χ0v) is 8.76. The van der Waals surface area contributed by atoms with Gasteiger partial charge in [-0.05, 0) is 18.4 Å². The molecule has 0 unspecified atom stereocenters. The molecule has 0 radical (unpaired) electrons. The Hall–Kier alpha value is -1.12. The molecule has 0 heterocycles. The number of aliphatic hydroxyl groups excluding tert-OH is 1. The normalized spacial score (nSPS) is 25.4. The molecular formula is C13H17NO. The molecule has 2 heteroatoms. The van der Waals surface area contributed by atoms with Crippen LogP contribution < -0.4 is 5.32 Å². The molecule has 80 valence electrons. The zero-order valence-electron chi connectivity index (χ0n) is 8.76. The smallest absolute Gasteiger partial charge is 0.0732 e. The topological polar surface area (TPSA) is 32.3 Å². The van der Waals surface area contributed by atoms with Gasteiger partial charge in [0, 0.05) is 6.54 Å². The van der Waals surface area contributed by atoms with E-state index in [1.807, 2.05) is 18.2 Å². The van der Waals surface area contributed by atoms with Crippen molar-refractivity contribution in [2.45, 2.75) is 31.5 Å². The first-order valence-corrected chi connectivity index (χ1v) is 5.48. The Labute approximate surface area is 90.6 Å². The molecule has 0 spiro atoms. The highest BCUT2D eigenvalue weighted by atomic mass is 16.3. The van der Waals surface area contributed by atoms with Gasteiger partial charge in [0.05, 0.1) is 12.1 Å². The summed E-state index contributed by atoms with van der Waals surface area (Å²) in [5.74, 6) is 0. The second kappa shape index (κ2) is 5.10. The largest absolute Gasteiger partial charge is 0.391 e. The Morgan fingerprint density at radius 3 is 2.80 bits per heavy atom. The first kappa shape index (κ1) is 10.4. The molecule has 0 aliphatic heterocycles. The lowest BCUT2D eigenvalue weighted by atomic mass is 9.99. The maximum atomic E-state index is 9.73. The third kappa shape index (κ3) is 2.91. The Kier molecular flexibility index (Phi) is 3.54. The summed E-state index contributed by atoms with van der Waals surface area (Å²) in [6, 6.07) is 10.4. The van der Waals surface area contributed by atoms with Crippen LogP contribution in [0.1, 0.15) is 18.4 Å². The van der Waals surface area contributed by atoms with Gasteiger partial charge in [-0.3, -0.25) is 0 Å². The van der Waals surface area contributed by atoms with Crippen LogP contribution in [0.4, 0.5) is 0 Å². The molecule has 0 fully saturated rings. The maximum absolute atomic E-state index is 9.73. The van der Waals surface area contributed by atoms with Crippen molar-refractivity contribution in [3.8, 4) is 0 Å². The fourth-order valence-corrected chi connectivity index (χ4v) is 1.85. The van der Waals surface area contributed by atoms with Gasteiger partial charge in [0.15, 0.2) is 0 Å². The minimum atomic E-state index is -0.237. The van der Waals surface area contributed by atoms with Crippen molar-refractivity contribution in [3.05, 3.63) is 48.0 Å². The summed E-state index contributed by atoms with van der Waals surface area (Å²) >= 11 is 0. The number of allylic oxidation sites excluding steroid dienone is 1. The molecule has 1 aromatic rings. The van der Waals surface area contributed by atoms with E-state index in [1.54, 1.807) is 0 Å². The summed E-state index contributed by atoms with van der Waals surface area (Å²) in [6.07, 6.45) is 5.82. The molecule has 2 N–H and O–H groups in total. The SMILES string of the molecule is O[C@H]1CCC=C[C@H]1NCc1ccccc1. The molecule has 1 aliphatic rings. The second-order valence-corrected chi connectivity index (χ2v) is 3.97. The highest BCUT2D eigenvalue weighted by Crippen LogP contribution is 2.12. The van der Waals surface area contributed by atoms with Gasteiger partial charge in [-0.25, -0.2) is 0 Å². The van der Waals surface area contributed by atoms with Gasteiger partial charge in [-0.15, -0.1) is 0 Å². The van der Waals surface area contributed by atoms with E-state index < -0.39 is 0 Å². The lowest BCUT2D eigenvalue weighted by Gasteiger charge is -2.24. The quantitative estimate of drug-likeness (QED) is 0.735. The highest BCUT2D eigenvalue weighted by Gasteiger charge is 2.17. The molecule has 2 rings (SSSR count). The van der Waals surface area contributed by atoms with E-state index in [-0.39, 0.29) is 12.1 Å². The second-order valence-electron chi connectivity index (χ2n) is 3.97. The lowest BCUT2D eigenvalue weighted by Crippen LogP contribution is -2.39. The zero-order chi connectivity index (χ0) is 10.5. The average Bonchev–Trinajstić information content (AvgIpc) is 2.29. The van der Waals surface area contributed by atoms with Crippen LogP contribution in [0.25, 0.3) is 0 Å². The van der Waals surface area contributed by atoms with Crippen molar-refractivity contribution >= 4 is 0 Å². The molecule has 1 aliphatic carbocycles. The van der Waals surface area contributed by atoms with E-state index in [9.17, 15) is 5.11 Å². The monoisotopic (exact) mass is 203 g/mol. The van der Waals surface area contributed by atoms with Gasteiger partial charge < -0.3 is 10.4 Å². The number of benzene rings is 1. The van der Waals surface area contributed by atoms with E-state index in [2.05, 4.69) is 29.6 Å². The molecule has 0 amide bonds. The Morgan fingerprint density at radius 1 is 1.27 bits per heavy atom. The highest BCUT2D eigenvalue weighted by molar-refractivity contribution is 5.15. The van der Waals surface area contributed by atoms with E-state index in [0.29, 0.717) is 0 Å². The van der Waals surface area contributed by atoms with Crippen molar-refractivity contribution < 1.29 is 5.11 Å². The fourth-order valence-electron chi connectivity index (χ4n) is 1.85. The number of hydrogen-bond donors (Lipinski definition) is 2. The molecular weight excluding hydrogens is 186 g/mol. The van der Waals surface area contributed by atoms with Crippen LogP contribution in [-0.4, -0.2) is 17.3 Å². The lowest BCUT2D eigenvalue weighted by molar-refractivity contribution is 0.131. The molecule has 15 heavy (non-hydrogen) atoms. The third-order valence-corrected chi connectivity index (χ3v) is 2.77. The van der Waals surface area contributed by atoms with E-state index in [0.717, 1.165) is 19.4 Å². The van der Waals surface area contributed by atoms with Crippen LogP contribution in [0.5, 0.6) is 0 Å². The third-order valence-electron chi connectivity index (χ3n) is 2.77. The van der Waals surface area contributed by atoms with Crippen molar-refractivity contribution in [2.24, 2.45) is 0 Å². The predicted octanol–water partition coefficient (Wildman–Crippen LogP) is 1.86. The van der Waals surface area contributed by atoms with Crippen LogP contribution in [-0.2, 0) is 6.54 Å². The Bertz CT molecular complexity index is 321. The van der Waals surface area contributed by atoms with Crippen LogP contribution in [0, 0.1) is 0 Å². The maximum Gasteiger partial charge on any atom is 0.0732 e. The van der Waals surface area contributed by atoms with E-state index in [4.69, 9.17) is 0 Å². The Balaban J connectivity index is 1.87. The molecule has 0 bridgehead atoms. The molecule has 0 saturated heterocycles. The van der Waals surface area contributed by atoms with Gasteiger partial charge >= 0.3 is 0 Å². The number of aliphatic hydroxyl groups is 1. The van der Waals surface area contributed by atoms with E-state index >= 15 is 0 Å². The van der Waals surface area contributed by atoms with Crippen molar-refractivity contribution in [1.82, 2.24) is 5.32 Å². The summed E-state index contributed by atoms with van der Waals surface area (Å²) < 4.78 is 0. The van der Waals surface area contributed by atoms with Gasteiger partial charge in [0.25, 0.3) is 0 Å². The molecule has 0 aromatic heterocycles. The Morgan fingerprint density at radius 2 is 2.07 bits per heavy atom. The molecule has 2 atom stereocenters. The van der Waals surface area contributed by atoms with Gasteiger partial charge in [0.2, 0.25) is 0 Å². The molecule has 0 saturated carbocycles. The van der Waals surface area contributed by atoms with Gasteiger partial charge in [0.1, 0.15) is 0 Å².